The largest absolute Gasteiger partial charge is 0.492 e. The Bertz CT molecular complexity index is 1290. The van der Waals surface area contributed by atoms with Crippen molar-refractivity contribution < 1.29 is 9.53 Å². The number of nitrogens with one attached hydrogen (secondary N) is 1. The van der Waals surface area contributed by atoms with E-state index >= 15 is 0 Å². The lowest BCUT2D eigenvalue weighted by Gasteiger charge is -2.26. The Morgan fingerprint density at radius 3 is 2.75 bits per heavy atom. The number of nitrogens with two attached hydrogens (primary N) is 2. The molecule has 2 heterocycles. The average Bonchev–Trinajstić information content (AvgIpc) is 3.19. The number of aliphatic imine (C=N–C) groups is 1. The molecule has 0 bridgehead atoms. The zero-order chi connectivity index (χ0) is 24.8. The Morgan fingerprint density at radius 2 is 2.03 bits per heavy atom. The number of fused-ring (bicyclic) bond motifs is 1. The number of anilines is 1. The van der Waals surface area contributed by atoms with E-state index in [0.29, 0.717) is 22.9 Å². The first-order valence-corrected chi connectivity index (χ1v) is 12.2. The molecule has 4 rings (SSSR count). The Hall–Kier alpha value is -3.29. The maximum atomic E-state index is 13.1. The summed E-state index contributed by atoms with van der Waals surface area (Å²) in [5.74, 6) is 0.0497. The monoisotopic (exact) mass is 544 g/mol. The third-order valence-corrected chi connectivity index (χ3v) is 7.02. The van der Waals surface area contributed by atoms with E-state index in [0.717, 1.165) is 36.5 Å². The van der Waals surface area contributed by atoms with Gasteiger partial charge in [0.05, 0.1) is 22.7 Å². The van der Waals surface area contributed by atoms with E-state index in [4.69, 9.17) is 27.8 Å². The molecule has 0 saturated carbocycles. The number of guanidine groups is 1. The van der Waals surface area contributed by atoms with Crippen LogP contribution in [0.4, 0.5) is 5.00 Å². The molecule has 1 aromatic heterocycles. The van der Waals surface area contributed by atoms with Gasteiger partial charge in [0.2, 0.25) is 0 Å². The second-order valence-corrected chi connectivity index (χ2v) is 9.53. The number of nitriles is 1. The summed E-state index contributed by atoms with van der Waals surface area (Å²) in [5.41, 5.74) is 13.7. The molecule has 0 aliphatic carbocycles. The molecule has 0 saturated heterocycles. The number of nitrogens with zero attached hydrogens (tertiary/aromatic N) is 3. The van der Waals surface area contributed by atoms with Gasteiger partial charge in [-0.1, -0.05) is 41.9 Å². The predicted octanol–water partition coefficient (Wildman–Crippen LogP) is 4.16. The van der Waals surface area contributed by atoms with E-state index in [1.807, 2.05) is 18.2 Å². The molecule has 0 unspecified atom stereocenters. The fourth-order valence-electron chi connectivity index (χ4n) is 3.92. The van der Waals surface area contributed by atoms with Crippen molar-refractivity contribution in [1.29, 1.82) is 5.26 Å². The summed E-state index contributed by atoms with van der Waals surface area (Å²) in [6.07, 6.45) is 0.761. The standard InChI is InChI=1S/C25H25ClN6O2S.ClH/c26-21-7-6-17(34-11-9-30-25(28)29)12-19(21)23(33)31-24-20(13-27)18-8-10-32(15-22(18)35-24)14-16-4-2-1-3-5-16;/h1-7,12H,8-11,14-15H2,(H,31,33)(H4,28,29,30);1H. The van der Waals surface area contributed by atoms with Crippen LogP contribution >= 0.6 is 35.3 Å². The Morgan fingerprint density at radius 1 is 1.25 bits per heavy atom. The zero-order valence-electron chi connectivity index (χ0n) is 19.4. The van der Waals surface area contributed by atoms with Crippen LogP contribution in [0.15, 0.2) is 53.5 Å². The summed E-state index contributed by atoms with van der Waals surface area (Å²) >= 11 is 7.74. The van der Waals surface area contributed by atoms with Gasteiger partial charge < -0.3 is 21.5 Å². The van der Waals surface area contributed by atoms with Crippen LogP contribution in [-0.2, 0) is 19.5 Å². The van der Waals surface area contributed by atoms with E-state index in [9.17, 15) is 10.1 Å². The third kappa shape index (κ3) is 6.68. The van der Waals surface area contributed by atoms with Crippen LogP contribution in [0.5, 0.6) is 5.75 Å². The van der Waals surface area contributed by atoms with Crippen molar-refractivity contribution in [3.63, 3.8) is 0 Å². The molecule has 1 aliphatic rings. The smallest absolute Gasteiger partial charge is 0.257 e. The molecule has 188 valence electrons. The Labute approximate surface area is 224 Å². The van der Waals surface area contributed by atoms with E-state index in [1.54, 1.807) is 18.2 Å². The fourth-order valence-corrected chi connectivity index (χ4v) is 5.36. The lowest BCUT2D eigenvalue weighted by Crippen LogP contribution is -2.29. The van der Waals surface area contributed by atoms with Crippen LogP contribution in [0.1, 0.15) is 31.9 Å². The lowest BCUT2D eigenvalue weighted by atomic mass is 10.0. The minimum absolute atomic E-state index is 0. The van der Waals surface area contributed by atoms with E-state index in [-0.39, 0.29) is 35.6 Å². The highest BCUT2D eigenvalue weighted by atomic mass is 35.5. The van der Waals surface area contributed by atoms with Gasteiger partial charge >= 0.3 is 0 Å². The maximum absolute atomic E-state index is 13.1. The van der Waals surface area contributed by atoms with Crippen molar-refractivity contribution in [2.45, 2.75) is 19.5 Å². The summed E-state index contributed by atoms with van der Waals surface area (Å²) in [6.45, 7) is 2.97. The van der Waals surface area contributed by atoms with Gasteiger partial charge in [0, 0.05) is 24.5 Å². The SMILES string of the molecule is Cl.N#Cc1c(NC(=O)c2cc(OCCN=C(N)N)ccc2Cl)sc2c1CCN(Cc1ccccc1)C2. The van der Waals surface area contributed by atoms with Crippen LogP contribution in [0.2, 0.25) is 5.02 Å². The topological polar surface area (TPSA) is 130 Å². The van der Waals surface area contributed by atoms with Crippen molar-refractivity contribution in [3.8, 4) is 11.8 Å². The van der Waals surface area contributed by atoms with Crippen LogP contribution in [0.25, 0.3) is 0 Å². The quantitative estimate of drug-likeness (QED) is 0.222. The summed E-state index contributed by atoms with van der Waals surface area (Å²) in [5, 5.41) is 13.5. The van der Waals surface area contributed by atoms with Gasteiger partial charge in [-0.2, -0.15) is 5.26 Å². The van der Waals surface area contributed by atoms with Gasteiger partial charge in [0.15, 0.2) is 5.96 Å². The zero-order valence-corrected chi connectivity index (χ0v) is 21.8. The molecule has 2 aromatic carbocycles. The predicted molar refractivity (Wildman–Crippen MR) is 146 cm³/mol. The molecule has 36 heavy (non-hydrogen) atoms. The van der Waals surface area contributed by atoms with Gasteiger partial charge in [0.1, 0.15) is 23.4 Å². The highest BCUT2D eigenvalue weighted by molar-refractivity contribution is 7.16. The number of halogens is 2. The van der Waals surface area contributed by atoms with E-state index < -0.39 is 5.91 Å². The first kappa shape index (κ1) is 27.3. The number of benzene rings is 2. The molecule has 3 aromatic rings. The van der Waals surface area contributed by atoms with Crippen molar-refractivity contribution >= 4 is 52.2 Å². The van der Waals surface area contributed by atoms with Gasteiger partial charge in [-0.05, 0) is 35.7 Å². The van der Waals surface area contributed by atoms with Crippen LogP contribution in [-0.4, -0.2) is 36.5 Å². The van der Waals surface area contributed by atoms with Crippen molar-refractivity contribution in [1.82, 2.24) is 4.90 Å². The second-order valence-electron chi connectivity index (χ2n) is 8.02. The van der Waals surface area contributed by atoms with Crippen molar-refractivity contribution in [2.24, 2.45) is 16.5 Å². The van der Waals surface area contributed by atoms with Crippen LogP contribution < -0.4 is 21.5 Å². The average molecular weight is 545 g/mol. The molecule has 1 aliphatic heterocycles. The molecular weight excluding hydrogens is 519 g/mol. The molecule has 8 nitrogen and oxygen atoms in total. The number of rotatable bonds is 8. The first-order valence-electron chi connectivity index (χ1n) is 11.0. The molecule has 0 fully saturated rings. The minimum Gasteiger partial charge on any atom is -0.492 e. The van der Waals surface area contributed by atoms with Crippen LogP contribution in [0.3, 0.4) is 0 Å². The molecule has 11 heteroatoms. The summed E-state index contributed by atoms with van der Waals surface area (Å²) in [4.78, 5) is 20.4. The number of thiophene rings is 1. The number of carbonyl (C=O) groups excluding carboxylic acids is 1. The van der Waals surface area contributed by atoms with Crippen molar-refractivity contribution in [2.75, 3.05) is 25.0 Å². The molecule has 1 amide bonds. The summed E-state index contributed by atoms with van der Waals surface area (Å²) < 4.78 is 5.61. The van der Waals surface area contributed by atoms with Gasteiger partial charge in [-0.3, -0.25) is 14.7 Å². The van der Waals surface area contributed by atoms with E-state index in [2.05, 4.69) is 33.4 Å². The third-order valence-electron chi connectivity index (χ3n) is 5.56. The van der Waals surface area contributed by atoms with Crippen molar-refractivity contribution in [3.05, 3.63) is 80.7 Å². The Kier molecular flexibility index (Phi) is 9.56. The number of carbonyl (C=O) groups is 1. The lowest BCUT2D eigenvalue weighted by molar-refractivity contribution is 0.102. The normalized spacial score (nSPS) is 12.6. The highest BCUT2D eigenvalue weighted by Crippen LogP contribution is 2.37. The second kappa shape index (κ2) is 12.6. The van der Waals surface area contributed by atoms with Crippen LogP contribution in [0, 0.1) is 11.3 Å². The maximum Gasteiger partial charge on any atom is 0.257 e. The molecule has 0 atom stereocenters. The van der Waals surface area contributed by atoms with Gasteiger partial charge in [-0.15, -0.1) is 23.7 Å². The molecule has 0 radical (unpaired) electrons. The molecule has 0 spiro atoms. The fraction of sp³-hybridized carbons (Fsp3) is 0.240. The van der Waals surface area contributed by atoms with Gasteiger partial charge in [-0.25, -0.2) is 0 Å². The molecular formula is C25H26Cl2N6O2S. The van der Waals surface area contributed by atoms with Gasteiger partial charge in [0.25, 0.3) is 5.91 Å². The highest BCUT2D eigenvalue weighted by Gasteiger charge is 2.26. The molecule has 5 N–H and O–H groups in total. The summed E-state index contributed by atoms with van der Waals surface area (Å²) in [6, 6.07) is 17.4. The number of hydrogen-bond acceptors (Lipinski definition) is 6. The first-order chi connectivity index (χ1) is 16.9. The number of hydrogen-bond donors (Lipinski definition) is 3. The summed E-state index contributed by atoms with van der Waals surface area (Å²) in [7, 11) is 0. The number of ether oxygens (including phenoxy) is 1. The Balaban J connectivity index is 0.00000361. The number of amides is 1. The van der Waals surface area contributed by atoms with E-state index in [1.165, 1.54) is 16.9 Å². The minimum atomic E-state index is -0.402.